The van der Waals surface area contributed by atoms with Gasteiger partial charge in [-0.2, -0.15) is 0 Å². The van der Waals surface area contributed by atoms with Crippen molar-refractivity contribution in [2.24, 2.45) is 0 Å². The average molecular weight is 308 g/mol. The highest BCUT2D eigenvalue weighted by molar-refractivity contribution is 6.33. The molecule has 0 saturated heterocycles. The number of hydrogen-bond donors (Lipinski definition) is 1. The zero-order valence-corrected chi connectivity index (χ0v) is 12.4. The van der Waals surface area contributed by atoms with E-state index in [1.165, 1.54) is 18.2 Å². The van der Waals surface area contributed by atoms with Gasteiger partial charge in [-0.25, -0.2) is 4.39 Å². The number of methoxy groups -OCH3 is 1. The average Bonchev–Trinajstić information content (AvgIpc) is 2.47. The molecular weight excluding hydrogens is 293 g/mol. The molecule has 1 N–H and O–H groups in total. The maximum Gasteiger partial charge on any atom is 0.256 e. The molecule has 0 aliphatic heterocycles. The molecule has 1 amide bonds. The van der Waals surface area contributed by atoms with Gasteiger partial charge in [0.05, 0.1) is 23.7 Å². The Morgan fingerprint density at radius 1 is 1.29 bits per heavy atom. The second kappa shape index (κ2) is 6.59. The molecule has 0 spiro atoms. The number of carbonyl (C=O) groups excluding carboxylic acids is 1. The summed E-state index contributed by atoms with van der Waals surface area (Å²) in [4.78, 5) is 12.2. The number of ether oxygens (including phenoxy) is 1. The van der Waals surface area contributed by atoms with Crippen LogP contribution in [0.5, 0.6) is 5.75 Å². The van der Waals surface area contributed by atoms with Crippen molar-refractivity contribution in [1.82, 2.24) is 5.32 Å². The number of hydrogen-bond acceptors (Lipinski definition) is 2. The largest absolute Gasteiger partial charge is 0.497 e. The van der Waals surface area contributed by atoms with Gasteiger partial charge in [0.2, 0.25) is 0 Å². The third-order valence-electron chi connectivity index (χ3n) is 3.13. The molecule has 0 aromatic heterocycles. The quantitative estimate of drug-likeness (QED) is 0.928. The highest BCUT2D eigenvalue weighted by Gasteiger charge is 2.18. The number of halogens is 2. The second-order valence-corrected chi connectivity index (χ2v) is 4.98. The Kier molecular flexibility index (Phi) is 4.81. The topological polar surface area (TPSA) is 38.3 Å². The van der Waals surface area contributed by atoms with Crippen LogP contribution in [-0.4, -0.2) is 13.0 Å². The summed E-state index contributed by atoms with van der Waals surface area (Å²) in [5.74, 6) is -0.496. The monoisotopic (exact) mass is 307 g/mol. The molecule has 0 fully saturated rings. The summed E-state index contributed by atoms with van der Waals surface area (Å²) in [6.07, 6.45) is 0. The lowest BCUT2D eigenvalue weighted by Crippen LogP contribution is -2.27. The fourth-order valence-corrected chi connectivity index (χ4v) is 2.23. The maximum atomic E-state index is 13.7. The predicted molar refractivity (Wildman–Crippen MR) is 80.3 cm³/mol. The Bertz CT molecular complexity index is 640. The van der Waals surface area contributed by atoms with Gasteiger partial charge in [-0.3, -0.25) is 4.79 Å². The van der Waals surface area contributed by atoms with Crippen molar-refractivity contribution >= 4 is 17.5 Å². The first-order valence-corrected chi connectivity index (χ1v) is 6.79. The highest BCUT2D eigenvalue weighted by atomic mass is 35.5. The Balaban J connectivity index is 2.19. The summed E-state index contributed by atoms with van der Waals surface area (Å²) >= 11 is 5.88. The van der Waals surface area contributed by atoms with Gasteiger partial charge in [0.25, 0.3) is 5.91 Å². The first-order valence-electron chi connectivity index (χ1n) is 6.41. The van der Waals surface area contributed by atoms with Crippen LogP contribution in [-0.2, 0) is 0 Å². The Morgan fingerprint density at radius 3 is 2.67 bits per heavy atom. The van der Waals surface area contributed by atoms with Crippen LogP contribution in [0.1, 0.15) is 28.9 Å². The molecule has 5 heteroatoms. The zero-order valence-electron chi connectivity index (χ0n) is 11.7. The van der Waals surface area contributed by atoms with Crippen LogP contribution in [0.25, 0.3) is 0 Å². The van der Waals surface area contributed by atoms with Gasteiger partial charge in [0.1, 0.15) is 11.6 Å². The van der Waals surface area contributed by atoms with Crippen LogP contribution < -0.4 is 10.1 Å². The van der Waals surface area contributed by atoms with Gasteiger partial charge in [-0.1, -0.05) is 29.8 Å². The van der Waals surface area contributed by atoms with Gasteiger partial charge < -0.3 is 10.1 Å². The van der Waals surface area contributed by atoms with E-state index in [0.29, 0.717) is 5.75 Å². The van der Waals surface area contributed by atoms with E-state index < -0.39 is 11.7 Å². The van der Waals surface area contributed by atoms with Gasteiger partial charge in [0, 0.05) is 0 Å². The van der Waals surface area contributed by atoms with E-state index in [1.54, 1.807) is 14.0 Å². The number of benzene rings is 2. The van der Waals surface area contributed by atoms with Gasteiger partial charge >= 0.3 is 0 Å². The van der Waals surface area contributed by atoms with Crippen molar-refractivity contribution in [2.75, 3.05) is 7.11 Å². The van der Waals surface area contributed by atoms with E-state index in [1.807, 2.05) is 24.3 Å². The fourth-order valence-electron chi connectivity index (χ4n) is 1.98. The molecule has 0 radical (unpaired) electrons. The van der Waals surface area contributed by atoms with Crippen LogP contribution in [0.15, 0.2) is 42.5 Å². The lowest BCUT2D eigenvalue weighted by Gasteiger charge is -2.16. The lowest BCUT2D eigenvalue weighted by molar-refractivity contribution is 0.0936. The number of rotatable bonds is 4. The lowest BCUT2D eigenvalue weighted by atomic mass is 10.1. The first kappa shape index (κ1) is 15.3. The Hall–Kier alpha value is -2.07. The smallest absolute Gasteiger partial charge is 0.256 e. The van der Waals surface area contributed by atoms with Crippen LogP contribution in [0.2, 0.25) is 5.02 Å². The summed E-state index contributed by atoms with van der Waals surface area (Å²) in [6, 6.07) is 11.2. The third kappa shape index (κ3) is 3.52. The molecule has 0 unspecified atom stereocenters. The van der Waals surface area contributed by atoms with Gasteiger partial charge in [-0.15, -0.1) is 0 Å². The molecule has 110 valence electrons. The van der Waals surface area contributed by atoms with Crippen molar-refractivity contribution < 1.29 is 13.9 Å². The SMILES string of the molecule is COc1cccc([C@@H](C)NC(=O)c2c(F)cccc2Cl)c1. The third-order valence-corrected chi connectivity index (χ3v) is 3.45. The number of amides is 1. The summed E-state index contributed by atoms with van der Waals surface area (Å²) in [5.41, 5.74) is 0.712. The minimum Gasteiger partial charge on any atom is -0.497 e. The van der Waals surface area contributed by atoms with E-state index in [9.17, 15) is 9.18 Å². The number of carbonyl (C=O) groups is 1. The molecule has 0 aliphatic rings. The van der Waals surface area contributed by atoms with E-state index >= 15 is 0 Å². The maximum absolute atomic E-state index is 13.7. The molecule has 1 atom stereocenters. The van der Waals surface area contributed by atoms with E-state index in [-0.39, 0.29) is 16.6 Å². The van der Waals surface area contributed by atoms with E-state index in [4.69, 9.17) is 16.3 Å². The Morgan fingerprint density at radius 2 is 2.00 bits per heavy atom. The van der Waals surface area contributed by atoms with Crippen molar-refractivity contribution in [2.45, 2.75) is 13.0 Å². The predicted octanol–water partition coefficient (Wildman–Crippen LogP) is 3.98. The van der Waals surface area contributed by atoms with Crippen molar-refractivity contribution in [3.63, 3.8) is 0 Å². The van der Waals surface area contributed by atoms with Gasteiger partial charge in [-0.05, 0) is 36.8 Å². The zero-order chi connectivity index (χ0) is 15.4. The first-order chi connectivity index (χ1) is 10.0. The number of nitrogens with one attached hydrogen (secondary N) is 1. The van der Waals surface area contributed by atoms with E-state index in [0.717, 1.165) is 5.56 Å². The van der Waals surface area contributed by atoms with Crippen LogP contribution >= 0.6 is 11.6 Å². The van der Waals surface area contributed by atoms with Crippen LogP contribution in [0, 0.1) is 5.82 Å². The molecular formula is C16H15ClFNO2. The molecule has 2 rings (SSSR count). The summed E-state index contributed by atoms with van der Waals surface area (Å²) in [6.45, 7) is 1.81. The van der Waals surface area contributed by atoms with Crippen molar-refractivity contribution in [3.05, 3.63) is 64.4 Å². The summed E-state index contributed by atoms with van der Waals surface area (Å²) in [7, 11) is 1.57. The minimum absolute atomic E-state index is 0.0883. The fraction of sp³-hybridized carbons (Fsp3) is 0.188. The standard InChI is InChI=1S/C16H15ClFNO2/c1-10(11-5-3-6-12(9-11)21-2)19-16(20)15-13(17)7-4-8-14(15)18/h3-10H,1-2H3,(H,19,20)/t10-/m1/s1. The molecule has 0 bridgehead atoms. The van der Waals surface area contributed by atoms with Crippen molar-refractivity contribution in [3.8, 4) is 5.75 Å². The van der Waals surface area contributed by atoms with Gasteiger partial charge in [0.15, 0.2) is 0 Å². The molecule has 0 aliphatic carbocycles. The molecule has 0 heterocycles. The van der Waals surface area contributed by atoms with Crippen LogP contribution in [0.3, 0.4) is 0 Å². The highest BCUT2D eigenvalue weighted by Crippen LogP contribution is 2.22. The Labute approximate surface area is 127 Å². The molecule has 2 aromatic carbocycles. The summed E-state index contributed by atoms with van der Waals surface area (Å²) < 4.78 is 18.8. The molecule has 0 saturated carbocycles. The van der Waals surface area contributed by atoms with E-state index in [2.05, 4.69) is 5.32 Å². The second-order valence-electron chi connectivity index (χ2n) is 4.57. The minimum atomic E-state index is -0.641. The normalized spacial score (nSPS) is 11.8. The van der Waals surface area contributed by atoms with Crippen LogP contribution in [0.4, 0.5) is 4.39 Å². The molecule has 3 nitrogen and oxygen atoms in total. The summed E-state index contributed by atoms with van der Waals surface area (Å²) in [5, 5.41) is 2.81. The molecule has 21 heavy (non-hydrogen) atoms. The van der Waals surface area contributed by atoms with Crippen molar-refractivity contribution in [1.29, 1.82) is 0 Å². The molecule has 2 aromatic rings.